The number of ether oxygens (including phenoxy) is 2. The quantitative estimate of drug-likeness (QED) is 0.577. The van der Waals surface area contributed by atoms with Gasteiger partial charge in [0.25, 0.3) is 0 Å². The van der Waals surface area contributed by atoms with Crippen molar-refractivity contribution in [2.75, 3.05) is 27.4 Å². The molecule has 0 amide bonds. The standard InChI is InChI=1S/C24H29N5O2/c1-24(27-10-8-18-6-4-5-7-22(18)31-3)15-21(26-17-28-24)20-14-19-9-11-29(12-13-30-2)23(19)25-16-20/h4-7,9,11,14,16-17,27H,8,10,12-13,15H2,1-3H3. The molecule has 1 aliphatic heterocycles. The fourth-order valence-corrected chi connectivity index (χ4v) is 3.91. The molecule has 0 fully saturated rings. The lowest BCUT2D eigenvalue weighted by Gasteiger charge is -2.29. The number of methoxy groups -OCH3 is 2. The molecular weight excluding hydrogens is 390 g/mol. The number of benzene rings is 1. The maximum absolute atomic E-state index is 5.45. The van der Waals surface area contributed by atoms with E-state index in [0.29, 0.717) is 13.0 Å². The number of aromatic nitrogens is 2. The summed E-state index contributed by atoms with van der Waals surface area (Å²) in [5.41, 5.74) is 3.76. The molecule has 7 heteroatoms. The third kappa shape index (κ3) is 4.84. The van der Waals surface area contributed by atoms with Crippen LogP contribution in [0.4, 0.5) is 0 Å². The highest BCUT2D eigenvalue weighted by atomic mass is 16.5. The van der Waals surface area contributed by atoms with Crippen LogP contribution in [0, 0.1) is 0 Å². The zero-order valence-corrected chi connectivity index (χ0v) is 18.3. The van der Waals surface area contributed by atoms with E-state index in [0.717, 1.165) is 47.6 Å². The van der Waals surface area contributed by atoms with E-state index in [1.54, 1.807) is 20.6 Å². The van der Waals surface area contributed by atoms with Crippen LogP contribution in [0.5, 0.6) is 5.75 Å². The lowest BCUT2D eigenvalue weighted by Crippen LogP contribution is -2.45. The summed E-state index contributed by atoms with van der Waals surface area (Å²) >= 11 is 0. The van der Waals surface area contributed by atoms with Crippen LogP contribution in [-0.2, 0) is 17.7 Å². The number of fused-ring (bicyclic) bond motifs is 1. The number of aliphatic imine (C=N–C) groups is 2. The average Bonchev–Trinajstić information content (AvgIpc) is 3.20. The summed E-state index contributed by atoms with van der Waals surface area (Å²) in [4.78, 5) is 13.9. The van der Waals surface area contributed by atoms with Crippen molar-refractivity contribution >= 4 is 23.1 Å². The van der Waals surface area contributed by atoms with Gasteiger partial charge in [-0.1, -0.05) is 18.2 Å². The third-order valence-corrected chi connectivity index (χ3v) is 5.63. The van der Waals surface area contributed by atoms with Crippen molar-refractivity contribution in [3.8, 4) is 5.75 Å². The molecule has 7 nitrogen and oxygen atoms in total. The molecule has 0 saturated carbocycles. The normalized spacial score (nSPS) is 18.4. The van der Waals surface area contributed by atoms with Crippen molar-refractivity contribution in [2.24, 2.45) is 9.98 Å². The van der Waals surface area contributed by atoms with Crippen molar-refractivity contribution in [3.05, 3.63) is 59.9 Å². The summed E-state index contributed by atoms with van der Waals surface area (Å²) in [6.07, 6.45) is 7.17. The van der Waals surface area contributed by atoms with Crippen molar-refractivity contribution in [1.82, 2.24) is 14.9 Å². The smallest absolute Gasteiger partial charge is 0.139 e. The zero-order valence-electron chi connectivity index (χ0n) is 18.3. The zero-order chi connectivity index (χ0) is 21.7. The average molecular weight is 420 g/mol. The molecule has 0 spiro atoms. The number of nitrogens with zero attached hydrogens (tertiary/aromatic N) is 4. The number of para-hydroxylation sites is 1. The summed E-state index contributed by atoms with van der Waals surface area (Å²) in [5.74, 6) is 0.917. The van der Waals surface area contributed by atoms with Gasteiger partial charge in [-0.05, 0) is 37.1 Å². The highest BCUT2D eigenvalue weighted by molar-refractivity contribution is 6.07. The molecule has 162 valence electrons. The topological polar surface area (TPSA) is 73.0 Å². The highest BCUT2D eigenvalue weighted by Crippen LogP contribution is 2.23. The Hall–Kier alpha value is -3.03. The van der Waals surface area contributed by atoms with E-state index < -0.39 is 5.66 Å². The number of hydrogen-bond acceptors (Lipinski definition) is 6. The van der Waals surface area contributed by atoms with E-state index in [4.69, 9.17) is 9.47 Å². The van der Waals surface area contributed by atoms with Gasteiger partial charge < -0.3 is 14.0 Å². The second-order valence-corrected chi connectivity index (χ2v) is 7.90. The van der Waals surface area contributed by atoms with Gasteiger partial charge in [0.05, 0.1) is 19.4 Å². The lowest BCUT2D eigenvalue weighted by molar-refractivity contribution is 0.188. The molecule has 1 unspecified atom stereocenters. The molecule has 0 radical (unpaired) electrons. The Morgan fingerprint density at radius 1 is 1.19 bits per heavy atom. The van der Waals surface area contributed by atoms with Gasteiger partial charge in [0, 0.05) is 50.0 Å². The van der Waals surface area contributed by atoms with E-state index >= 15 is 0 Å². The van der Waals surface area contributed by atoms with E-state index in [-0.39, 0.29) is 0 Å². The van der Waals surface area contributed by atoms with Gasteiger partial charge in [-0.25, -0.2) is 9.98 Å². The fraction of sp³-hybridized carbons (Fsp3) is 0.375. The number of rotatable bonds is 9. The highest BCUT2D eigenvalue weighted by Gasteiger charge is 2.27. The maximum Gasteiger partial charge on any atom is 0.139 e. The van der Waals surface area contributed by atoms with Crippen LogP contribution in [0.2, 0.25) is 0 Å². The van der Waals surface area contributed by atoms with E-state index in [2.05, 4.69) is 50.0 Å². The van der Waals surface area contributed by atoms with Gasteiger partial charge in [-0.2, -0.15) is 0 Å². The third-order valence-electron chi connectivity index (χ3n) is 5.63. The van der Waals surface area contributed by atoms with Crippen LogP contribution in [-0.4, -0.2) is 54.6 Å². The monoisotopic (exact) mass is 419 g/mol. The van der Waals surface area contributed by atoms with Crippen molar-refractivity contribution < 1.29 is 9.47 Å². The number of pyridine rings is 1. The minimum absolute atomic E-state index is 0.404. The molecule has 31 heavy (non-hydrogen) atoms. The SMILES string of the molecule is COCCn1ccc2cc(C3=NC=NC(C)(NCCc4ccccc4OC)C3)cnc21. The van der Waals surface area contributed by atoms with Gasteiger partial charge >= 0.3 is 0 Å². The van der Waals surface area contributed by atoms with Gasteiger partial charge in [-0.15, -0.1) is 0 Å². The molecule has 2 aromatic heterocycles. The minimum Gasteiger partial charge on any atom is -0.496 e. The molecule has 1 atom stereocenters. The molecule has 3 aromatic rings. The Labute approximate surface area is 182 Å². The summed E-state index contributed by atoms with van der Waals surface area (Å²) in [6.45, 7) is 4.35. The molecule has 0 saturated heterocycles. The first-order valence-corrected chi connectivity index (χ1v) is 10.5. The molecular formula is C24H29N5O2. The van der Waals surface area contributed by atoms with Crippen LogP contribution in [0.15, 0.2) is 58.8 Å². The van der Waals surface area contributed by atoms with E-state index in [9.17, 15) is 0 Å². The van der Waals surface area contributed by atoms with Gasteiger partial charge in [0.2, 0.25) is 0 Å². The van der Waals surface area contributed by atoms with Crippen molar-refractivity contribution in [1.29, 1.82) is 0 Å². The first-order chi connectivity index (χ1) is 15.1. The lowest BCUT2D eigenvalue weighted by atomic mass is 9.98. The van der Waals surface area contributed by atoms with Crippen LogP contribution in [0.25, 0.3) is 11.0 Å². The largest absolute Gasteiger partial charge is 0.496 e. The van der Waals surface area contributed by atoms with Crippen LogP contribution in [0.1, 0.15) is 24.5 Å². The first kappa shape index (κ1) is 21.2. The number of nitrogens with one attached hydrogen (secondary N) is 1. The summed E-state index contributed by atoms with van der Waals surface area (Å²) in [7, 11) is 3.42. The summed E-state index contributed by atoms with van der Waals surface area (Å²) in [5, 5.41) is 4.69. The van der Waals surface area contributed by atoms with Crippen molar-refractivity contribution in [2.45, 2.75) is 32.0 Å². The molecule has 1 aromatic carbocycles. The Morgan fingerprint density at radius 3 is 2.90 bits per heavy atom. The number of hydrogen-bond donors (Lipinski definition) is 1. The predicted octanol–water partition coefficient (Wildman–Crippen LogP) is 3.46. The van der Waals surface area contributed by atoms with Crippen molar-refractivity contribution in [3.63, 3.8) is 0 Å². The van der Waals surface area contributed by atoms with E-state index in [1.807, 2.05) is 30.6 Å². The van der Waals surface area contributed by atoms with Gasteiger partial charge in [0.1, 0.15) is 23.4 Å². The predicted molar refractivity (Wildman–Crippen MR) is 124 cm³/mol. The summed E-state index contributed by atoms with van der Waals surface area (Å²) in [6, 6.07) is 12.4. The van der Waals surface area contributed by atoms with Gasteiger partial charge in [0.15, 0.2) is 0 Å². The Morgan fingerprint density at radius 2 is 2.06 bits per heavy atom. The summed E-state index contributed by atoms with van der Waals surface area (Å²) < 4.78 is 12.7. The molecule has 0 aliphatic carbocycles. The van der Waals surface area contributed by atoms with Crippen LogP contribution in [0.3, 0.4) is 0 Å². The molecule has 1 aliphatic rings. The Bertz CT molecular complexity index is 1100. The van der Waals surface area contributed by atoms with Gasteiger partial charge in [-0.3, -0.25) is 10.3 Å². The Kier molecular flexibility index (Phi) is 6.44. The molecule has 3 heterocycles. The molecule has 4 rings (SSSR count). The second kappa shape index (κ2) is 9.41. The Balaban J connectivity index is 1.43. The fourth-order valence-electron chi connectivity index (χ4n) is 3.91. The second-order valence-electron chi connectivity index (χ2n) is 7.90. The minimum atomic E-state index is -0.404. The molecule has 1 N–H and O–H groups in total. The first-order valence-electron chi connectivity index (χ1n) is 10.5. The maximum atomic E-state index is 5.45. The van der Waals surface area contributed by atoms with E-state index in [1.165, 1.54) is 5.56 Å². The van der Waals surface area contributed by atoms with Crippen LogP contribution >= 0.6 is 0 Å². The molecule has 0 bridgehead atoms. The van der Waals surface area contributed by atoms with Crippen LogP contribution < -0.4 is 10.1 Å².